The smallest absolute Gasteiger partial charge is 0.187 e. The van der Waals surface area contributed by atoms with Crippen LogP contribution in [0.25, 0.3) is 0 Å². The lowest BCUT2D eigenvalue weighted by Crippen LogP contribution is -2.67. The minimum atomic E-state index is -1.91. The van der Waals surface area contributed by atoms with Gasteiger partial charge in [0.25, 0.3) is 0 Å². The highest BCUT2D eigenvalue weighted by Crippen LogP contribution is 2.35. The first-order valence-electron chi connectivity index (χ1n) is 14.2. The van der Waals surface area contributed by atoms with Gasteiger partial charge in [0, 0.05) is 13.5 Å². The quantitative estimate of drug-likeness (QED) is 0.105. The lowest BCUT2D eigenvalue weighted by Gasteiger charge is -2.49. The van der Waals surface area contributed by atoms with Gasteiger partial charge < -0.3 is 94.1 Å². The molecule has 258 valence electrons. The second-order valence-electron chi connectivity index (χ2n) is 11.2. The summed E-state index contributed by atoms with van der Waals surface area (Å²) in [5, 5.41) is 113. The number of methoxy groups -OCH3 is 1. The Morgan fingerprint density at radius 3 is 1.66 bits per heavy atom. The molecule has 0 spiro atoms. The van der Waals surface area contributed by atoms with E-state index in [4.69, 9.17) is 37.9 Å². The van der Waals surface area contributed by atoms with E-state index in [0.29, 0.717) is 0 Å². The van der Waals surface area contributed by atoms with Crippen LogP contribution >= 0.6 is 0 Å². The van der Waals surface area contributed by atoms with Crippen molar-refractivity contribution in [3.05, 3.63) is 0 Å². The number of aliphatic hydroxyl groups is 11. The molecule has 0 radical (unpaired) electrons. The number of ether oxygens (including phenoxy) is 8. The first-order valence-corrected chi connectivity index (χ1v) is 14.2. The highest BCUT2D eigenvalue weighted by Gasteiger charge is 2.55. The number of hydrogen-bond donors (Lipinski definition) is 11. The second kappa shape index (κ2) is 15.4. The Morgan fingerprint density at radius 1 is 0.523 bits per heavy atom. The van der Waals surface area contributed by atoms with Crippen molar-refractivity contribution in [2.45, 2.75) is 130 Å². The van der Waals surface area contributed by atoms with Crippen LogP contribution in [-0.2, 0) is 37.9 Å². The zero-order chi connectivity index (χ0) is 32.5. The summed E-state index contributed by atoms with van der Waals surface area (Å²) in [7, 11) is 1.20. The average Bonchev–Trinajstić information content (AvgIpc) is 3.00. The van der Waals surface area contributed by atoms with Crippen molar-refractivity contribution >= 4 is 0 Å². The molecule has 0 aromatic carbocycles. The maximum Gasteiger partial charge on any atom is 0.187 e. The topological polar surface area (TPSA) is 296 Å². The van der Waals surface area contributed by atoms with E-state index in [2.05, 4.69) is 0 Å². The summed E-state index contributed by atoms with van der Waals surface area (Å²) in [4.78, 5) is 0. The Kier molecular flexibility index (Phi) is 12.7. The van der Waals surface area contributed by atoms with E-state index in [1.807, 2.05) is 0 Å². The van der Waals surface area contributed by atoms with Crippen LogP contribution in [0.3, 0.4) is 0 Å². The summed E-state index contributed by atoms with van der Waals surface area (Å²) in [6.07, 6.45) is -28.7. The molecule has 19 atom stereocenters. The molecule has 44 heavy (non-hydrogen) atoms. The van der Waals surface area contributed by atoms with Crippen LogP contribution in [-0.4, -0.2) is 200 Å². The lowest BCUT2D eigenvalue weighted by atomic mass is 9.95. The SMILES string of the molecule is CO[C@@H]1[C@@H](O[C@@H]2[C@@H](O)[C@@H](O[C@H]3[C@H](O)[C@@H](O)[C@H](O)O[C@@H]3CO)O[C@H](CO)[C@H]2O)O[C@H](CO)[C@@H](O)[C@@H]1O[C@H]1O[C@H](C)[C@H](O)C[C@H]1O. The molecule has 4 fully saturated rings. The monoisotopic (exact) mass is 648 g/mol. The summed E-state index contributed by atoms with van der Waals surface area (Å²) in [6, 6.07) is 0. The molecule has 0 saturated carbocycles. The Bertz CT molecular complexity index is 884. The fourth-order valence-electron chi connectivity index (χ4n) is 5.65. The predicted molar refractivity (Wildman–Crippen MR) is 136 cm³/mol. The van der Waals surface area contributed by atoms with E-state index >= 15 is 0 Å². The van der Waals surface area contributed by atoms with Crippen LogP contribution in [0.1, 0.15) is 13.3 Å². The largest absolute Gasteiger partial charge is 0.394 e. The molecule has 4 aliphatic heterocycles. The van der Waals surface area contributed by atoms with E-state index in [-0.39, 0.29) is 6.42 Å². The third-order valence-corrected chi connectivity index (χ3v) is 8.29. The van der Waals surface area contributed by atoms with Crippen LogP contribution in [0.5, 0.6) is 0 Å². The van der Waals surface area contributed by atoms with E-state index < -0.39 is 137 Å². The number of hydrogen-bond acceptors (Lipinski definition) is 19. The van der Waals surface area contributed by atoms with E-state index in [1.54, 1.807) is 6.92 Å². The molecule has 0 aromatic rings. The predicted octanol–water partition coefficient (Wildman–Crippen LogP) is -7.04. The first-order chi connectivity index (χ1) is 20.9. The van der Waals surface area contributed by atoms with Crippen molar-refractivity contribution < 1.29 is 94.1 Å². The third-order valence-electron chi connectivity index (χ3n) is 8.29. The van der Waals surface area contributed by atoms with Crippen LogP contribution in [0, 0.1) is 0 Å². The molecule has 11 N–H and O–H groups in total. The zero-order valence-corrected chi connectivity index (χ0v) is 24.0. The van der Waals surface area contributed by atoms with Gasteiger partial charge in [-0.3, -0.25) is 0 Å². The van der Waals surface area contributed by atoms with Gasteiger partial charge in [0.1, 0.15) is 79.4 Å². The van der Waals surface area contributed by atoms with Crippen LogP contribution in [0.15, 0.2) is 0 Å². The van der Waals surface area contributed by atoms with Gasteiger partial charge in [-0.1, -0.05) is 0 Å². The van der Waals surface area contributed by atoms with E-state index in [1.165, 1.54) is 7.11 Å². The molecular formula is C25H44O19. The molecule has 4 heterocycles. The second-order valence-corrected chi connectivity index (χ2v) is 11.2. The highest BCUT2D eigenvalue weighted by molar-refractivity contribution is 4.97. The Morgan fingerprint density at radius 2 is 1.07 bits per heavy atom. The van der Waals surface area contributed by atoms with Gasteiger partial charge in [-0.15, -0.1) is 0 Å². The molecule has 19 heteroatoms. The van der Waals surface area contributed by atoms with Crippen molar-refractivity contribution in [2.24, 2.45) is 0 Å². The highest BCUT2D eigenvalue weighted by atomic mass is 16.8. The lowest BCUT2D eigenvalue weighted by molar-refractivity contribution is -0.388. The third kappa shape index (κ3) is 7.36. The molecule has 0 amide bonds. The molecule has 4 rings (SSSR count). The summed E-state index contributed by atoms with van der Waals surface area (Å²) in [5.41, 5.74) is 0. The standard InChI is InChI=1S/C25H44O19/c1-7-8(29)3-9(30)23(38-7)44-20-14(32)11(5-27)41-25(21(20)37-2)43-19-13(31)10(4-26)40-24(17(19)35)42-18-12(6-28)39-22(36)16(34)15(18)33/h7-36H,3-6H2,1-2H3/t7-,8-,9-,10-,11-,12-,13-,14-,15-,16-,17-,18-,19+,20+,21+,22-,23-,24-,25-/m1/s1. The Hall–Kier alpha value is -0.760. The van der Waals surface area contributed by atoms with Gasteiger partial charge in [0.05, 0.1) is 32.0 Å². The van der Waals surface area contributed by atoms with Crippen LogP contribution < -0.4 is 0 Å². The maximum atomic E-state index is 11.2. The fraction of sp³-hybridized carbons (Fsp3) is 1.00. The Labute approximate surface area is 251 Å². The van der Waals surface area contributed by atoms with Gasteiger partial charge in [-0.25, -0.2) is 0 Å². The van der Waals surface area contributed by atoms with Gasteiger partial charge in [-0.05, 0) is 6.92 Å². The molecule has 4 aliphatic rings. The van der Waals surface area contributed by atoms with E-state index in [9.17, 15) is 56.2 Å². The zero-order valence-electron chi connectivity index (χ0n) is 24.0. The maximum absolute atomic E-state index is 11.2. The normalized spacial score (nSPS) is 52.2. The molecule has 4 saturated heterocycles. The Balaban J connectivity index is 1.54. The minimum Gasteiger partial charge on any atom is -0.394 e. The fourth-order valence-corrected chi connectivity index (χ4v) is 5.65. The average molecular weight is 649 g/mol. The molecule has 0 aliphatic carbocycles. The first kappa shape index (κ1) is 36.1. The molecular weight excluding hydrogens is 604 g/mol. The van der Waals surface area contributed by atoms with Crippen LogP contribution in [0.4, 0.5) is 0 Å². The number of aliphatic hydroxyl groups excluding tert-OH is 11. The molecule has 0 bridgehead atoms. The molecule has 19 nitrogen and oxygen atoms in total. The molecule has 0 aromatic heterocycles. The van der Waals surface area contributed by atoms with Gasteiger partial charge >= 0.3 is 0 Å². The summed E-state index contributed by atoms with van der Waals surface area (Å²) in [5.74, 6) is 0. The van der Waals surface area contributed by atoms with Gasteiger partial charge in [-0.2, -0.15) is 0 Å². The van der Waals surface area contributed by atoms with Crippen molar-refractivity contribution in [1.82, 2.24) is 0 Å². The van der Waals surface area contributed by atoms with Crippen molar-refractivity contribution in [2.75, 3.05) is 26.9 Å². The van der Waals surface area contributed by atoms with E-state index in [0.717, 1.165) is 0 Å². The van der Waals surface area contributed by atoms with Crippen molar-refractivity contribution in [1.29, 1.82) is 0 Å². The summed E-state index contributed by atoms with van der Waals surface area (Å²) in [6.45, 7) is -0.792. The molecule has 0 unspecified atom stereocenters. The van der Waals surface area contributed by atoms with Crippen molar-refractivity contribution in [3.63, 3.8) is 0 Å². The minimum absolute atomic E-state index is 0.0928. The van der Waals surface area contributed by atoms with Gasteiger partial charge in [0.15, 0.2) is 25.2 Å². The number of rotatable bonds is 10. The summed E-state index contributed by atoms with van der Waals surface area (Å²) < 4.78 is 44.6. The van der Waals surface area contributed by atoms with Gasteiger partial charge in [0.2, 0.25) is 0 Å². The van der Waals surface area contributed by atoms with Crippen LogP contribution in [0.2, 0.25) is 0 Å². The van der Waals surface area contributed by atoms with Crippen molar-refractivity contribution in [3.8, 4) is 0 Å². The summed E-state index contributed by atoms with van der Waals surface area (Å²) >= 11 is 0.